The van der Waals surface area contributed by atoms with Crippen molar-refractivity contribution in [2.24, 2.45) is 0 Å². The zero-order chi connectivity index (χ0) is 19.9. The van der Waals surface area contributed by atoms with E-state index in [1.165, 1.54) is 0 Å². The normalized spacial score (nSPS) is 11.7. The average molecular weight is 397 g/mol. The first kappa shape index (κ1) is 18.2. The van der Waals surface area contributed by atoms with Crippen LogP contribution in [0.5, 0.6) is 5.75 Å². The molecule has 0 radical (unpaired) electrons. The summed E-state index contributed by atoms with van der Waals surface area (Å²) in [4.78, 5) is 4.36. The Bertz CT molecular complexity index is 1280. The topological polar surface area (TPSA) is 69.4 Å². The Kier molecular flexibility index (Phi) is 4.39. The number of rotatable bonds is 4. The molecular formula is C21H16FNO4S. The molecule has 7 heteroatoms. The molecule has 0 N–H and O–H groups in total. The van der Waals surface area contributed by atoms with Gasteiger partial charge >= 0.3 is 10.1 Å². The van der Waals surface area contributed by atoms with Gasteiger partial charge in [0.15, 0.2) is 11.3 Å². The van der Waals surface area contributed by atoms with E-state index in [2.05, 4.69) is 4.98 Å². The van der Waals surface area contributed by atoms with Crippen LogP contribution in [-0.4, -0.2) is 13.4 Å². The smallest absolute Gasteiger partial charge is 0.339 e. The number of hydrogen-bond donors (Lipinski definition) is 0. The second-order valence-corrected chi connectivity index (χ2v) is 7.98. The third-order valence-electron chi connectivity index (χ3n) is 4.29. The van der Waals surface area contributed by atoms with E-state index in [9.17, 15) is 12.8 Å². The van der Waals surface area contributed by atoms with E-state index in [0.717, 1.165) is 35.4 Å². The summed E-state index contributed by atoms with van der Waals surface area (Å²) in [5.41, 5.74) is 3.55. The van der Waals surface area contributed by atoms with Gasteiger partial charge in [0.1, 0.15) is 16.2 Å². The Morgan fingerprint density at radius 3 is 2.46 bits per heavy atom. The number of aryl methyl sites for hydroxylation is 2. The summed E-state index contributed by atoms with van der Waals surface area (Å²) in [6.07, 6.45) is 0. The minimum Gasteiger partial charge on any atom is -0.436 e. The molecule has 3 aromatic carbocycles. The van der Waals surface area contributed by atoms with Gasteiger partial charge in [-0.15, -0.1) is 0 Å². The first-order valence-electron chi connectivity index (χ1n) is 8.51. The molecule has 0 saturated heterocycles. The number of fused-ring (bicyclic) bond motifs is 1. The van der Waals surface area contributed by atoms with Gasteiger partial charge in [-0.25, -0.2) is 9.37 Å². The predicted molar refractivity (Wildman–Crippen MR) is 103 cm³/mol. The van der Waals surface area contributed by atoms with Crippen LogP contribution in [0.4, 0.5) is 4.39 Å². The first-order valence-corrected chi connectivity index (χ1v) is 9.91. The lowest BCUT2D eigenvalue weighted by Gasteiger charge is -2.10. The van der Waals surface area contributed by atoms with Crippen LogP contribution in [0, 0.1) is 19.7 Å². The van der Waals surface area contributed by atoms with Crippen molar-refractivity contribution in [1.29, 1.82) is 0 Å². The largest absolute Gasteiger partial charge is 0.436 e. The van der Waals surface area contributed by atoms with Gasteiger partial charge in [-0.2, -0.15) is 8.42 Å². The number of aromatic nitrogens is 1. The van der Waals surface area contributed by atoms with Crippen LogP contribution in [0.2, 0.25) is 0 Å². The Morgan fingerprint density at radius 2 is 1.75 bits per heavy atom. The third-order valence-corrected chi connectivity index (χ3v) is 5.54. The Morgan fingerprint density at radius 1 is 1.00 bits per heavy atom. The van der Waals surface area contributed by atoms with E-state index in [1.54, 1.807) is 24.3 Å². The molecular weight excluding hydrogens is 381 g/mol. The fourth-order valence-corrected chi connectivity index (χ4v) is 3.80. The van der Waals surface area contributed by atoms with Crippen LogP contribution in [0.1, 0.15) is 11.1 Å². The minimum atomic E-state index is -4.15. The van der Waals surface area contributed by atoms with Gasteiger partial charge < -0.3 is 8.60 Å². The van der Waals surface area contributed by atoms with Crippen molar-refractivity contribution in [3.8, 4) is 17.2 Å². The monoisotopic (exact) mass is 397 g/mol. The molecule has 28 heavy (non-hydrogen) atoms. The van der Waals surface area contributed by atoms with Gasteiger partial charge in [0.25, 0.3) is 0 Å². The molecule has 0 saturated carbocycles. The van der Waals surface area contributed by atoms with E-state index in [1.807, 2.05) is 26.0 Å². The third kappa shape index (κ3) is 3.36. The number of nitrogens with zero attached hydrogens (tertiary/aromatic N) is 1. The summed E-state index contributed by atoms with van der Waals surface area (Å²) in [6, 6.07) is 15.0. The first-order chi connectivity index (χ1) is 13.3. The highest BCUT2D eigenvalue weighted by atomic mass is 32.2. The van der Waals surface area contributed by atoms with Gasteiger partial charge in [-0.1, -0.05) is 23.8 Å². The van der Waals surface area contributed by atoms with Crippen molar-refractivity contribution in [2.75, 3.05) is 0 Å². The van der Waals surface area contributed by atoms with Gasteiger partial charge in [-0.05, 0) is 61.9 Å². The highest BCUT2D eigenvalue weighted by Gasteiger charge is 2.22. The zero-order valence-electron chi connectivity index (χ0n) is 15.1. The maximum absolute atomic E-state index is 13.1. The van der Waals surface area contributed by atoms with Crippen molar-refractivity contribution in [3.05, 3.63) is 77.6 Å². The molecule has 142 valence electrons. The van der Waals surface area contributed by atoms with Crippen molar-refractivity contribution in [1.82, 2.24) is 4.98 Å². The van der Waals surface area contributed by atoms with Gasteiger partial charge in [0.05, 0.1) is 5.56 Å². The molecule has 0 aliphatic rings. The lowest BCUT2D eigenvalue weighted by molar-refractivity contribution is 0.485. The van der Waals surface area contributed by atoms with Gasteiger partial charge in [0, 0.05) is 0 Å². The molecule has 0 amide bonds. The van der Waals surface area contributed by atoms with Crippen LogP contribution < -0.4 is 4.18 Å². The van der Waals surface area contributed by atoms with Crippen molar-refractivity contribution >= 4 is 21.2 Å². The van der Waals surface area contributed by atoms with Crippen LogP contribution >= 0.6 is 0 Å². The number of halogens is 1. The molecule has 0 bridgehead atoms. The molecule has 4 rings (SSSR count). The quantitative estimate of drug-likeness (QED) is 0.452. The zero-order valence-corrected chi connectivity index (χ0v) is 16.0. The van der Waals surface area contributed by atoms with Crippen molar-refractivity contribution < 1.29 is 21.4 Å². The van der Waals surface area contributed by atoms with Crippen LogP contribution in [0.15, 0.2) is 70.0 Å². The summed E-state index contributed by atoms with van der Waals surface area (Å²) in [5, 5.41) is 0. The molecule has 5 nitrogen and oxygen atoms in total. The summed E-state index contributed by atoms with van der Waals surface area (Å²) >= 11 is 0. The fourth-order valence-electron chi connectivity index (χ4n) is 2.85. The minimum absolute atomic E-state index is 0.0825. The summed E-state index contributed by atoms with van der Waals surface area (Å²) in [6.45, 7) is 3.79. The highest BCUT2D eigenvalue weighted by Crippen LogP contribution is 2.35. The lowest BCUT2D eigenvalue weighted by Crippen LogP contribution is -2.10. The van der Waals surface area contributed by atoms with E-state index >= 15 is 0 Å². The van der Waals surface area contributed by atoms with E-state index in [4.69, 9.17) is 8.60 Å². The number of hydrogen-bond acceptors (Lipinski definition) is 5. The fraction of sp³-hybridized carbons (Fsp3) is 0.0952. The molecule has 4 aromatic rings. The van der Waals surface area contributed by atoms with Crippen molar-refractivity contribution in [3.63, 3.8) is 0 Å². The summed E-state index contributed by atoms with van der Waals surface area (Å²) < 4.78 is 49.5. The maximum atomic E-state index is 13.1. The van der Waals surface area contributed by atoms with E-state index < -0.39 is 15.9 Å². The van der Waals surface area contributed by atoms with Crippen LogP contribution in [-0.2, 0) is 10.1 Å². The van der Waals surface area contributed by atoms with Crippen molar-refractivity contribution in [2.45, 2.75) is 18.7 Å². The Balaban J connectivity index is 1.80. The van der Waals surface area contributed by atoms with Crippen LogP contribution in [0.25, 0.3) is 22.6 Å². The molecule has 0 atom stereocenters. The summed E-state index contributed by atoms with van der Waals surface area (Å²) in [7, 11) is -4.15. The number of para-hydroxylation sites is 1. The Labute approximate surface area is 161 Å². The molecule has 0 fully saturated rings. The molecule has 0 unspecified atom stereocenters. The SMILES string of the molecule is Cc1ccc(OS(=O)(=O)c2ccc(F)cc2)c(-c2nc3c(C)cccc3o2)c1. The summed E-state index contributed by atoms with van der Waals surface area (Å²) in [5.74, 6) is -0.187. The van der Waals surface area contributed by atoms with E-state index in [0.29, 0.717) is 16.7 Å². The molecule has 0 aliphatic carbocycles. The van der Waals surface area contributed by atoms with Gasteiger partial charge in [0.2, 0.25) is 5.89 Å². The maximum Gasteiger partial charge on any atom is 0.339 e. The molecule has 1 aromatic heterocycles. The second-order valence-electron chi connectivity index (χ2n) is 6.43. The predicted octanol–water partition coefficient (Wildman–Crippen LogP) is 5.02. The standard InChI is InChI=1S/C21H16FNO4S/c1-13-6-11-18(27-28(24,25)16-9-7-15(22)8-10-16)17(12-13)21-23-20-14(2)4-3-5-19(20)26-21/h3-12H,1-2H3. The van der Waals surface area contributed by atoms with E-state index in [-0.39, 0.29) is 16.5 Å². The number of oxazole rings is 1. The molecule has 0 aliphatic heterocycles. The molecule has 0 spiro atoms. The Hall–Kier alpha value is -3.19. The second kappa shape index (κ2) is 6.76. The van der Waals surface area contributed by atoms with Crippen LogP contribution in [0.3, 0.4) is 0 Å². The molecule has 1 heterocycles. The highest BCUT2D eigenvalue weighted by molar-refractivity contribution is 7.87. The average Bonchev–Trinajstić information content (AvgIpc) is 3.09. The van der Waals surface area contributed by atoms with Gasteiger partial charge in [-0.3, -0.25) is 0 Å². The lowest BCUT2D eigenvalue weighted by atomic mass is 10.1. The number of benzene rings is 3.